The average molecular weight is 370 g/mol. The Morgan fingerprint density at radius 1 is 1.17 bits per heavy atom. The zero-order chi connectivity index (χ0) is 17.7. The normalized spacial score (nSPS) is 11.0. The van der Waals surface area contributed by atoms with E-state index in [4.69, 9.17) is 20.5 Å². The SMILES string of the molecule is CCOc1ccc(S(=O)(=O)Oc2ccc(Cl)cc2NC(C)=O)cc1. The molecule has 24 heavy (non-hydrogen) atoms. The summed E-state index contributed by atoms with van der Waals surface area (Å²) in [5, 5.41) is 2.82. The van der Waals surface area contributed by atoms with Gasteiger partial charge in [-0.05, 0) is 49.4 Å². The molecule has 0 bridgehead atoms. The molecule has 6 nitrogen and oxygen atoms in total. The highest BCUT2D eigenvalue weighted by atomic mass is 35.5. The molecule has 0 atom stereocenters. The number of benzene rings is 2. The van der Waals surface area contributed by atoms with Gasteiger partial charge < -0.3 is 14.2 Å². The highest BCUT2D eigenvalue weighted by molar-refractivity contribution is 7.87. The molecule has 2 aromatic rings. The van der Waals surface area contributed by atoms with Crippen LogP contribution in [0.1, 0.15) is 13.8 Å². The molecule has 0 heterocycles. The van der Waals surface area contributed by atoms with Crippen molar-refractivity contribution in [3.8, 4) is 11.5 Å². The van der Waals surface area contributed by atoms with Gasteiger partial charge in [0.25, 0.3) is 0 Å². The maximum absolute atomic E-state index is 12.4. The average Bonchev–Trinajstić information content (AvgIpc) is 2.50. The maximum atomic E-state index is 12.4. The van der Waals surface area contributed by atoms with Crippen molar-refractivity contribution in [1.29, 1.82) is 0 Å². The van der Waals surface area contributed by atoms with Gasteiger partial charge in [0.2, 0.25) is 5.91 Å². The van der Waals surface area contributed by atoms with E-state index in [-0.39, 0.29) is 22.2 Å². The molecular weight excluding hydrogens is 354 g/mol. The second kappa shape index (κ2) is 7.55. The molecule has 8 heteroatoms. The molecule has 1 N–H and O–H groups in total. The zero-order valence-electron chi connectivity index (χ0n) is 13.1. The van der Waals surface area contributed by atoms with Crippen LogP contribution in [-0.4, -0.2) is 20.9 Å². The largest absolute Gasteiger partial charge is 0.494 e. The van der Waals surface area contributed by atoms with Gasteiger partial charge in [0, 0.05) is 11.9 Å². The molecule has 0 radical (unpaired) electrons. The van der Waals surface area contributed by atoms with Crippen molar-refractivity contribution >= 4 is 33.3 Å². The Morgan fingerprint density at radius 2 is 1.83 bits per heavy atom. The first-order chi connectivity index (χ1) is 11.3. The minimum Gasteiger partial charge on any atom is -0.494 e. The van der Waals surface area contributed by atoms with Crippen LogP contribution < -0.4 is 14.2 Å². The number of carbonyl (C=O) groups excluding carboxylic acids is 1. The molecule has 0 saturated carbocycles. The number of carbonyl (C=O) groups is 1. The van der Waals surface area contributed by atoms with Crippen LogP contribution in [0.5, 0.6) is 11.5 Å². The molecule has 0 fully saturated rings. The van der Waals surface area contributed by atoms with Crippen molar-refractivity contribution in [3.05, 3.63) is 47.5 Å². The lowest BCUT2D eigenvalue weighted by Crippen LogP contribution is -2.13. The second-order valence-electron chi connectivity index (χ2n) is 4.76. The van der Waals surface area contributed by atoms with Gasteiger partial charge in [-0.25, -0.2) is 0 Å². The van der Waals surface area contributed by atoms with Crippen molar-refractivity contribution in [2.75, 3.05) is 11.9 Å². The van der Waals surface area contributed by atoms with Gasteiger partial charge >= 0.3 is 10.1 Å². The first kappa shape index (κ1) is 18.1. The topological polar surface area (TPSA) is 81.7 Å². The van der Waals surface area contributed by atoms with Crippen molar-refractivity contribution in [2.24, 2.45) is 0 Å². The predicted molar refractivity (Wildman–Crippen MR) is 91.2 cm³/mol. The monoisotopic (exact) mass is 369 g/mol. The number of amides is 1. The fourth-order valence-corrected chi connectivity index (χ4v) is 3.02. The number of ether oxygens (including phenoxy) is 1. The number of anilines is 1. The standard InChI is InChI=1S/C16H16ClNO5S/c1-3-22-13-5-7-14(8-6-13)24(20,21)23-16-9-4-12(17)10-15(16)18-11(2)19/h4-10H,3H2,1-2H3,(H,18,19). The molecule has 2 aromatic carbocycles. The third-order valence-corrected chi connectivity index (χ3v) is 4.36. The van der Waals surface area contributed by atoms with E-state index in [1.807, 2.05) is 6.92 Å². The number of halogens is 1. The number of hydrogen-bond donors (Lipinski definition) is 1. The molecular formula is C16H16ClNO5S. The van der Waals surface area contributed by atoms with E-state index in [0.717, 1.165) is 0 Å². The van der Waals surface area contributed by atoms with E-state index >= 15 is 0 Å². The van der Waals surface area contributed by atoms with Gasteiger partial charge in [-0.1, -0.05) is 11.6 Å². The lowest BCUT2D eigenvalue weighted by Gasteiger charge is -2.12. The number of rotatable bonds is 6. The Balaban J connectivity index is 2.30. The predicted octanol–water partition coefficient (Wildman–Crippen LogP) is 3.46. The lowest BCUT2D eigenvalue weighted by atomic mass is 10.3. The molecule has 0 unspecified atom stereocenters. The fraction of sp³-hybridized carbons (Fsp3) is 0.188. The quantitative estimate of drug-likeness (QED) is 0.788. The van der Waals surface area contributed by atoms with E-state index < -0.39 is 10.1 Å². The first-order valence-corrected chi connectivity index (χ1v) is 8.85. The Hall–Kier alpha value is -2.25. The summed E-state index contributed by atoms with van der Waals surface area (Å²) in [6.45, 7) is 3.61. The van der Waals surface area contributed by atoms with Gasteiger partial charge in [0.05, 0.1) is 12.3 Å². The summed E-state index contributed by atoms with van der Waals surface area (Å²) in [4.78, 5) is 11.2. The molecule has 0 aromatic heterocycles. The van der Waals surface area contributed by atoms with E-state index in [1.54, 1.807) is 0 Å². The lowest BCUT2D eigenvalue weighted by molar-refractivity contribution is -0.114. The Morgan fingerprint density at radius 3 is 2.42 bits per heavy atom. The third kappa shape index (κ3) is 4.62. The maximum Gasteiger partial charge on any atom is 0.339 e. The molecule has 128 valence electrons. The summed E-state index contributed by atoms with van der Waals surface area (Å²) in [7, 11) is -4.07. The first-order valence-electron chi connectivity index (χ1n) is 7.06. The van der Waals surface area contributed by atoms with Gasteiger partial charge in [-0.2, -0.15) is 8.42 Å². The van der Waals surface area contributed by atoms with E-state index in [2.05, 4.69) is 5.32 Å². The fourth-order valence-electron chi connectivity index (χ4n) is 1.90. The van der Waals surface area contributed by atoms with Crippen molar-refractivity contribution in [3.63, 3.8) is 0 Å². The Kier molecular flexibility index (Phi) is 5.69. The van der Waals surface area contributed by atoms with Crippen molar-refractivity contribution < 1.29 is 22.1 Å². The van der Waals surface area contributed by atoms with Crippen LogP contribution in [0.25, 0.3) is 0 Å². The van der Waals surface area contributed by atoms with Crippen LogP contribution in [0.2, 0.25) is 5.02 Å². The van der Waals surface area contributed by atoms with E-state index in [9.17, 15) is 13.2 Å². The Bertz CT molecular complexity index is 834. The van der Waals surface area contributed by atoms with E-state index in [1.165, 1.54) is 49.4 Å². The van der Waals surface area contributed by atoms with Crippen molar-refractivity contribution in [2.45, 2.75) is 18.7 Å². The minimum atomic E-state index is -4.07. The highest BCUT2D eigenvalue weighted by Crippen LogP contribution is 2.31. The summed E-state index contributed by atoms with van der Waals surface area (Å²) >= 11 is 5.87. The smallest absolute Gasteiger partial charge is 0.339 e. The second-order valence-corrected chi connectivity index (χ2v) is 6.75. The molecule has 0 aliphatic carbocycles. The van der Waals surface area contributed by atoms with Crippen LogP contribution in [-0.2, 0) is 14.9 Å². The summed E-state index contributed by atoms with van der Waals surface area (Å²) in [5.41, 5.74) is 0.171. The van der Waals surface area contributed by atoms with Crippen LogP contribution in [0.3, 0.4) is 0 Å². The zero-order valence-corrected chi connectivity index (χ0v) is 14.6. The highest BCUT2D eigenvalue weighted by Gasteiger charge is 2.19. The summed E-state index contributed by atoms with van der Waals surface area (Å²) in [6.07, 6.45) is 0. The molecule has 2 rings (SSSR count). The van der Waals surface area contributed by atoms with Crippen LogP contribution in [0.4, 0.5) is 5.69 Å². The summed E-state index contributed by atoms with van der Waals surface area (Å²) in [6, 6.07) is 10.1. The van der Waals surface area contributed by atoms with Gasteiger partial charge in [-0.15, -0.1) is 0 Å². The molecule has 0 saturated heterocycles. The molecule has 0 aliphatic heterocycles. The molecule has 1 amide bonds. The van der Waals surface area contributed by atoms with Gasteiger partial charge in [0.1, 0.15) is 10.6 Å². The number of nitrogens with one attached hydrogen (secondary N) is 1. The Labute approximate surface area is 145 Å². The van der Waals surface area contributed by atoms with Crippen molar-refractivity contribution in [1.82, 2.24) is 0 Å². The number of hydrogen-bond acceptors (Lipinski definition) is 5. The van der Waals surface area contributed by atoms with Gasteiger partial charge in [-0.3, -0.25) is 4.79 Å². The van der Waals surface area contributed by atoms with Crippen LogP contribution >= 0.6 is 11.6 Å². The molecule has 0 aliphatic rings. The third-order valence-electron chi connectivity index (χ3n) is 2.88. The minimum absolute atomic E-state index is 0.0246. The summed E-state index contributed by atoms with van der Waals surface area (Å²) < 4.78 is 35.2. The van der Waals surface area contributed by atoms with Crippen LogP contribution in [0, 0.1) is 0 Å². The molecule has 0 spiro atoms. The summed E-state index contributed by atoms with van der Waals surface area (Å²) in [5.74, 6) is 0.158. The van der Waals surface area contributed by atoms with Gasteiger partial charge in [0.15, 0.2) is 5.75 Å². The van der Waals surface area contributed by atoms with E-state index in [0.29, 0.717) is 17.4 Å². The van der Waals surface area contributed by atoms with Crippen LogP contribution in [0.15, 0.2) is 47.4 Å².